The lowest BCUT2D eigenvalue weighted by molar-refractivity contribution is -0.663. The minimum Gasteiger partial charge on any atom is -0.257 e. The molecule has 0 atom stereocenters. The average Bonchev–Trinajstić information content (AvgIpc) is 3.09. The lowest BCUT2D eigenvalue weighted by Crippen LogP contribution is -2.33. The summed E-state index contributed by atoms with van der Waals surface area (Å²) < 4.78 is 2.14. The molecule has 0 N–H and O–H groups in total. The first kappa shape index (κ1) is 18.5. The zero-order valence-electron chi connectivity index (χ0n) is 17.5. The van der Waals surface area contributed by atoms with Gasteiger partial charge in [-0.3, -0.25) is 9.97 Å². The van der Waals surface area contributed by atoms with Gasteiger partial charge in [-0.25, -0.2) is 4.57 Å². The molecule has 1 aliphatic rings. The van der Waals surface area contributed by atoms with Crippen LogP contribution in [0.15, 0.2) is 36.9 Å². The average molecular weight is 372 g/mol. The highest BCUT2D eigenvalue weighted by Gasteiger charge is 2.29. The number of nitrogens with zero attached hydrogens (tertiary/aromatic N) is 4. The third-order valence-electron chi connectivity index (χ3n) is 5.66. The zero-order valence-corrected chi connectivity index (χ0v) is 17.5. The van der Waals surface area contributed by atoms with E-state index in [9.17, 15) is 0 Å². The molecule has 4 heteroatoms. The standard InChI is InChI=1S/C24H27N4/c1-14(2)21-11-26-22(12-25-21)18-7-8-19-23(18)27-13-28(6)24(19)20-10-15(3)9-16(4)17(20)5/h7,9-14H,8H2,1-6H3/q+1. The third-order valence-corrected chi connectivity index (χ3v) is 5.66. The van der Waals surface area contributed by atoms with Crippen LogP contribution < -0.4 is 4.57 Å². The molecule has 3 aromatic rings. The molecule has 0 unspecified atom stereocenters. The van der Waals surface area contributed by atoms with Crippen LogP contribution in [-0.4, -0.2) is 15.0 Å². The van der Waals surface area contributed by atoms with Crippen molar-refractivity contribution in [3.05, 3.63) is 76.3 Å². The van der Waals surface area contributed by atoms with Crippen LogP contribution in [0, 0.1) is 20.8 Å². The summed E-state index contributed by atoms with van der Waals surface area (Å²) >= 11 is 0. The number of allylic oxidation sites excluding steroid dienone is 1. The number of benzene rings is 1. The Labute approximate surface area is 167 Å². The molecule has 4 nitrogen and oxygen atoms in total. The Morgan fingerprint density at radius 1 is 1.00 bits per heavy atom. The highest BCUT2D eigenvalue weighted by atomic mass is 15.0. The molecule has 0 spiro atoms. The van der Waals surface area contributed by atoms with E-state index in [4.69, 9.17) is 4.98 Å². The van der Waals surface area contributed by atoms with Gasteiger partial charge in [-0.2, -0.15) is 0 Å². The first-order valence-corrected chi connectivity index (χ1v) is 9.85. The van der Waals surface area contributed by atoms with Gasteiger partial charge in [0.1, 0.15) is 5.69 Å². The molecule has 1 aliphatic carbocycles. The van der Waals surface area contributed by atoms with Crippen molar-refractivity contribution in [1.29, 1.82) is 0 Å². The van der Waals surface area contributed by atoms with E-state index in [1.807, 2.05) is 18.7 Å². The van der Waals surface area contributed by atoms with Gasteiger partial charge < -0.3 is 0 Å². The Morgan fingerprint density at radius 3 is 2.46 bits per heavy atom. The number of hydrogen-bond acceptors (Lipinski definition) is 3. The lowest BCUT2D eigenvalue weighted by Gasteiger charge is -2.13. The van der Waals surface area contributed by atoms with Crippen LogP contribution in [0.2, 0.25) is 0 Å². The number of rotatable bonds is 3. The van der Waals surface area contributed by atoms with Gasteiger partial charge in [0.2, 0.25) is 0 Å². The fourth-order valence-corrected chi connectivity index (χ4v) is 3.97. The predicted octanol–water partition coefficient (Wildman–Crippen LogP) is 4.40. The van der Waals surface area contributed by atoms with Crippen LogP contribution in [0.4, 0.5) is 0 Å². The molecule has 0 fully saturated rings. The summed E-state index contributed by atoms with van der Waals surface area (Å²) in [5.74, 6) is 0.378. The monoisotopic (exact) mass is 371 g/mol. The van der Waals surface area contributed by atoms with Crippen molar-refractivity contribution >= 4 is 5.57 Å². The van der Waals surface area contributed by atoms with E-state index >= 15 is 0 Å². The summed E-state index contributed by atoms with van der Waals surface area (Å²) in [7, 11) is 2.08. The number of fused-ring (bicyclic) bond motifs is 1. The minimum absolute atomic E-state index is 0.378. The smallest absolute Gasteiger partial charge is 0.257 e. The van der Waals surface area contributed by atoms with E-state index in [-0.39, 0.29) is 0 Å². The maximum atomic E-state index is 4.76. The van der Waals surface area contributed by atoms with Crippen LogP contribution in [0.3, 0.4) is 0 Å². The summed E-state index contributed by atoms with van der Waals surface area (Å²) in [6, 6.07) is 4.53. The van der Waals surface area contributed by atoms with Gasteiger partial charge in [-0.05, 0) is 48.9 Å². The molecular weight excluding hydrogens is 344 g/mol. The Hall–Kier alpha value is -2.88. The number of aryl methyl sites for hydroxylation is 3. The molecule has 2 aromatic heterocycles. The fourth-order valence-electron chi connectivity index (χ4n) is 3.97. The molecule has 4 rings (SSSR count). The summed E-state index contributed by atoms with van der Waals surface area (Å²) in [4.78, 5) is 14.0. The molecule has 0 saturated heterocycles. The first-order chi connectivity index (χ1) is 13.4. The fraction of sp³-hybridized carbons (Fsp3) is 0.333. The topological polar surface area (TPSA) is 42.5 Å². The Bertz CT molecular complexity index is 1090. The summed E-state index contributed by atoms with van der Waals surface area (Å²) in [5.41, 5.74) is 11.7. The van der Waals surface area contributed by atoms with Gasteiger partial charge in [-0.15, -0.1) is 0 Å². The van der Waals surface area contributed by atoms with Crippen molar-refractivity contribution in [3.8, 4) is 11.3 Å². The van der Waals surface area contributed by atoms with E-state index in [0.717, 1.165) is 29.1 Å². The third kappa shape index (κ3) is 3.03. The predicted molar refractivity (Wildman–Crippen MR) is 112 cm³/mol. The van der Waals surface area contributed by atoms with E-state index < -0.39 is 0 Å². The summed E-state index contributed by atoms with van der Waals surface area (Å²) in [5, 5.41) is 0. The van der Waals surface area contributed by atoms with Crippen molar-refractivity contribution in [3.63, 3.8) is 0 Å². The highest BCUT2D eigenvalue weighted by Crippen LogP contribution is 2.36. The number of hydrogen-bond donors (Lipinski definition) is 0. The molecule has 0 saturated carbocycles. The van der Waals surface area contributed by atoms with Crippen LogP contribution in [0.1, 0.15) is 59.1 Å². The Morgan fingerprint density at radius 2 is 1.79 bits per heavy atom. The van der Waals surface area contributed by atoms with Gasteiger partial charge >= 0.3 is 0 Å². The van der Waals surface area contributed by atoms with Crippen molar-refractivity contribution in [2.45, 2.75) is 47.0 Å². The second-order valence-corrected chi connectivity index (χ2v) is 8.09. The largest absolute Gasteiger partial charge is 0.287 e. The highest BCUT2D eigenvalue weighted by molar-refractivity contribution is 5.84. The molecule has 142 valence electrons. The molecule has 0 amide bonds. The van der Waals surface area contributed by atoms with Crippen molar-refractivity contribution in [2.75, 3.05) is 0 Å². The van der Waals surface area contributed by atoms with Gasteiger partial charge in [0.25, 0.3) is 6.33 Å². The van der Waals surface area contributed by atoms with E-state index in [2.05, 4.69) is 74.4 Å². The first-order valence-electron chi connectivity index (χ1n) is 9.85. The van der Waals surface area contributed by atoms with Crippen LogP contribution in [0.25, 0.3) is 16.8 Å². The maximum Gasteiger partial charge on any atom is 0.287 e. The van der Waals surface area contributed by atoms with Gasteiger partial charge in [-0.1, -0.05) is 31.6 Å². The second kappa shape index (κ2) is 6.93. The molecule has 0 aliphatic heterocycles. The lowest BCUT2D eigenvalue weighted by atomic mass is 9.94. The van der Waals surface area contributed by atoms with Crippen LogP contribution in [0.5, 0.6) is 0 Å². The second-order valence-electron chi connectivity index (χ2n) is 8.09. The van der Waals surface area contributed by atoms with E-state index in [1.54, 1.807) is 0 Å². The van der Waals surface area contributed by atoms with Crippen LogP contribution >= 0.6 is 0 Å². The van der Waals surface area contributed by atoms with Crippen molar-refractivity contribution in [2.24, 2.45) is 7.05 Å². The van der Waals surface area contributed by atoms with Gasteiger partial charge in [0, 0.05) is 23.8 Å². The Kier molecular flexibility index (Phi) is 4.58. The van der Waals surface area contributed by atoms with Crippen LogP contribution in [-0.2, 0) is 13.5 Å². The summed E-state index contributed by atoms with van der Waals surface area (Å²) in [6.07, 6.45) is 8.78. The quantitative estimate of drug-likeness (QED) is 0.641. The molecule has 28 heavy (non-hydrogen) atoms. The molecule has 0 radical (unpaired) electrons. The van der Waals surface area contributed by atoms with Crippen molar-refractivity contribution in [1.82, 2.24) is 15.0 Å². The van der Waals surface area contributed by atoms with E-state index in [1.165, 1.54) is 33.5 Å². The minimum atomic E-state index is 0.378. The molecule has 1 aromatic carbocycles. The molecular formula is C24H27N4+. The number of aromatic nitrogens is 4. The zero-order chi connectivity index (χ0) is 20.0. The van der Waals surface area contributed by atoms with E-state index in [0.29, 0.717) is 5.92 Å². The molecule has 2 heterocycles. The van der Waals surface area contributed by atoms with Crippen molar-refractivity contribution < 1.29 is 4.57 Å². The van der Waals surface area contributed by atoms with Gasteiger partial charge in [0.05, 0.1) is 30.2 Å². The SMILES string of the molecule is Cc1cc(C)c(C)c(-c2c3c(nc[n+]2C)C(c2cnc(C(C)C)cn2)=CC3)c1. The molecule has 0 bridgehead atoms. The normalized spacial score (nSPS) is 13.0. The maximum absolute atomic E-state index is 4.76. The van der Waals surface area contributed by atoms with Gasteiger partial charge in [0.15, 0.2) is 5.69 Å². The summed E-state index contributed by atoms with van der Waals surface area (Å²) in [6.45, 7) is 10.8. The Balaban J connectivity index is 1.84.